The van der Waals surface area contributed by atoms with Crippen molar-refractivity contribution in [3.05, 3.63) is 0 Å². The molecule has 1 amide bonds. The molecule has 1 saturated heterocycles. The lowest BCUT2D eigenvalue weighted by molar-refractivity contribution is -0.142. The number of amides is 1. The van der Waals surface area contributed by atoms with Gasteiger partial charge >= 0.3 is 0 Å². The molecular weight excluding hydrogens is 292 g/mol. The van der Waals surface area contributed by atoms with Gasteiger partial charge in [0.05, 0.1) is 5.41 Å². The Kier molecular flexibility index (Phi) is 4.63. The molecule has 8 heteroatoms. The van der Waals surface area contributed by atoms with Crippen LogP contribution in [0.25, 0.3) is 0 Å². The summed E-state index contributed by atoms with van der Waals surface area (Å²) in [5, 5.41) is 0. The maximum atomic E-state index is 12.7. The lowest BCUT2D eigenvalue weighted by Gasteiger charge is -2.39. The number of hydrogen-bond acceptors (Lipinski definition) is 4. The van der Waals surface area contributed by atoms with E-state index in [0.29, 0.717) is 26.2 Å². The zero-order valence-electron chi connectivity index (χ0n) is 13.1. The topological polar surface area (TPSA) is 87.0 Å². The van der Waals surface area contributed by atoms with Gasteiger partial charge in [-0.1, -0.05) is 6.42 Å². The predicted octanol–water partition coefficient (Wildman–Crippen LogP) is -0.545. The van der Waals surface area contributed by atoms with Crippen LogP contribution < -0.4 is 5.73 Å². The molecule has 1 aliphatic heterocycles. The second kappa shape index (κ2) is 5.83. The Balaban J connectivity index is 2.00. The predicted molar refractivity (Wildman–Crippen MR) is 80.7 cm³/mol. The van der Waals surface area contributed by atoms with Gasteiger partial charge in [-0.05, 0) is 19.8 Å². The fourth-order valence-electron chi connectivity index (χ4n) is 3.17. The normalized spacial score (nSPS) is 31.9. The van der Waals surface area contributed by atoms with Gasteiger partial charge in [0.15, 0.2) is 0 Å². The van der Waals surface area contributed by atoms with Gasteiger partial charge < -0.3 is 10.6 Å². The average Bonchev–Trinajstić information content (AvgIpc) is 2.79. The Hall–Kier alpha value is -0.700. The Bertz CT molecular complexity index is 500. The van der Waals surface area contributed by atoms with Gasteiger partial charge in [-0.15, -0.1) is 0 Å². The third-order valence-electron chi connectivity index (χ3n) is 4.83. The quantitative estimate of drug-likeness (QED) is 0.757. The van der Waals surface area contributed by atoms with Gasteiger partial charge in [-0.2, -0.15) is 17.0 Å². The molecule has 2 N–H and O–H groups in total. The van der Waals surface area contributed by atoms with Crippen molar-refractivity contribution >= 4 is 16.1 Å². The van der Waals surface area contributed by atoms with Gasteiger partial charge in [0.1, 0.15) is 0 Å². The van der Waals surface area contributed by atoms with Crippen molar-refractivity contribution in [3.63, 3.8) is 0 Å². The second-order valence-electron chi connectivity index (χ2n) is 6.40. The van der Waals surface area contributed by atoms with E-state index < -0.39 is 15.6 Å². The summed E-state index contributed by atoms with van der Waals surface area (Å²) in [7, 11) is -0.352. The smallest absolute Gasteiger partial charge is 0.281 e. The van der Waals surface area contributed by atoms with Gasteiger partial charge in [-0.25, -0.2) is 0 Å². The lowest BCUT2D eigenvalue weighted by atomic mass is 9.83. The molecule has 0 aromatic rings. The summed E-state index contributed by atoms with van der Waals surface area (Å²) in [6.07, 6.45) is 2.69. The summed E-state index contributed by atoms with van der Waals surface area (Å²) in [6, 6.07) is -0.0893. The van der Waals surface area contributed by atoms with Crippen LogP contribution in [0.4, 0.5) is 0 Å². The first-order valence-electron chi connectivity index (χ1n) is 7.42. The molecule has 7 nitrogen and oxygen atoms in total. The highest BCUT2D eigenvalue weighted by molar-refractivity contribution is 7.86. The summed E-state index contributed by atoms with van der Waals surface area (Å²) < 4.78 is 26.8. The zero-order valence-corrected chi connectivity index (χ0v) is 13.9. The SMILES string of the molecule is CN(C)S(=O)(=O)N1CCN(C(=O)C2(C)CCCC2N)CC1. The van der Waals surface area contributed by atoms with Gasteiger partial charge in [-0.3, -0.25) is 4.79 Å². The van der Waals surface area contributed by atoms with Crippen LogP contribution in [0.1, 0.15) is 26.2 Å². The zero-order chi connectivity index (χ0) is 15.8. The van der Waals surface area contributed by atoms with Crippen molar-refractivity contribution in [1.82, 2.24) is 13.5 Å². The lowest BCUT2D eigenvalue weighted by Crippen LogP contribution is -2.57. The Morgan fingerprint density at radius 2 is 1.81 bits per heavy atom. The van der Waals surface area contributed by atoms with Crippen molar-refractivity contribution in [2.24, 2.45) is 11.1 Å². The molecule has 21 heavy (non-hydrogen) atoms. The summed E-state index contributed by atoms with van der Waals surface area (Å²) in [4.78, 5) is 14.5. The van der Waals surface area contributed by atoms with Crippen molar-refractivity contribution in [3.8, 4) is 0 Å². The van der Waals surface area contributed by atoms with Gasteiger partial charge in [0.2, 0.25) is 5.91 Å². The van der Waals surface area contributed by atoms with Crippen molar-refractivity contribution < 1.29 is 13.2 Å². The minimum Gasteiger partial charge on any atom is -0.340 e. The third kappa shape index (κ3) is 2.94. The molecule has 0 radical (unpaired) electrons. The standard InChI is InChI=1S/C13H26N4O3S/c1-13(6-4-5-11(13)14)12(18)16-7-9-17(10-8-16)21(19,20)15(2)3/h11H,4-10,14H2,1-3H3. The molecule has 0 spiro atoms. The van der Waals surface area contributed by atoms with Crippen LogP contribution >= 0.6 is 0 Å². The second-order valence-corrected chi connectivity index (χ2v) is 8.54. The first-order valence-corrected chi connectivity index (χ1v) is 8.82. The van der Waals surface area contributed by atoms with E-state index >= 15 is 0 Å². The molecule has 122 valence electrons. The number of piperazine rings is 1. The van der Waals surface area contributed by atoms with E-state index in [4.69, 9.17) is 5.73 Å². The average molecular weight is 318 g/mol. The first-order chi connectivity index (χ1) is 9.69. The van der Waals surface area contributed by atoms with E-state index in [1.807, 2.05) is 6.92 Å². The monoisotopic (exact) mass is 318 g/mol. The van der Waals surface area contributed by atoms with Crippen LogP contribution in [0.15, 0.2) is 0 Å². The van der Waals surface area contributed by atoms with Crippen LogP contribution in [0.3, 0.4) is 0 Å². The minimum absolute atomic E-state index is 0.0781. The van der Waals surface area contributed by atoms with Crippen LogP contribution in [0, 0.1) is 5.41 Å². The number of nitrogens with two attached hydrogens (primary N) is 1. The molecule has 0 aromatic heterocycles. The van der Waals surface area contributed by atoms with Crippen LogP contribution in [-0.4, -0.2) is 74.2 Å². The fraction of sp³-hybridized carbons (Fsp3) is 0.923. The number of nitrogens with zero attached hydrogens (tertiary/aromatic N) is 3. The number of hydrogen-bond donors (Lipinski definition) is 1. The Morgan fingerprint density at radius 1 is 1.24 bits per heavy atom. The summed E-state index contributed by atoms with van der Waals surface area (Å²) in [5.41, 5.74) is 5.61. The van der Waals surface area contributed by atoms with Gasteiger partial charge in [0.25, 0.3) is 10.2 Å². The van der Waals surface area contributed by atoms with Gasteiger partial charge in [0, 0.05) is 46.3 Å². The van der Waals surface area contributed by atoms with Crippen molar-refractivity contribution in [2.45, 2.75) is 32.2 Å². The van der Waals surface area contributed by atoms with Crippen molar-refractivity contribution in [1.29, 1.82) is 0 Å². The van der Waals surface area contributed by atoms with E-state index in [2.05, 4.69) is 0 Å². The summed E-state index contributed by atoms with van der Waals surface area (Å²) in [5.74, 6) is 0.0781. The molecular formula is C13H26N4O3S. The summed E-state index contributed by atoms with van der Waals surface area (Å²) >= 11 is 0. The molecule has 1 heterocycles. The van der Waals surface area contributed by atoms with Crippen LogP contribution in [0.5, 0.6) is 0 Å². The Morgan fingerprint density at radius 3 is 2.24 bits per heavy atom. The van der Waals surface area contributed by atoms with E-state index in [1.165, 1.54) is 22.7 Å². The molecule has 1 aliphatic carbocycles. The third-order valence-corrected chi connectivity index (χ3v) is 6.77. The molecule has 0 bridgehead atoms. The van der Waals surface area contributed by atoms with Crippen molar-refractivity contribution in [2.75, 3.05) is 40.3 Å². The largest absolute Gasteiger partial charge is 0.340 e. The number of carbonyl (C=O) groups excluding carboxylic acids is 1. The first kappa shape index (κ1) is 16.7. The molecule has 1 saturated carbocycles. The van der Waals surface area contributed by atoms with E-state index in [0.717, 1.165) is 19.3 Å². The highest BCUT2D eigenvalue weighted by atomic mass is 32.2. The molecule has 2 atom stereocenters. The van der Waals surface area contributed by atoms with E-state index in [-0.39, 0.29) is 11.9 Å². The summed E-state index contributed by atoms with van der Waals surface area (Å²) in [6.45, 7) is 3.51. The van der Waals surface area contributed by atoms with E-state index in [1.54, 1.807) is 4.90 Å². The maximum Gasteiger partial charge on any atom is 0.281 e. The minimum atomic E-state index is -3.39. The maximum absolute atomic E-state index is 12.7. The molecule has 2 rings (SSSR count). The number of carbonyl (C=O) groups is 1. The van der Waals surface area contributed by atoms with Crippen LogP contribution in [-0.2, 0) is 15.0 Å². The molecule has 2 unspecified atom stereocenters. The number of rotatable bonds is 3. The molecule has 2 fully saturated rings. The highest BCUT2D eigenvalue weighted by Crippen LogP contribution is 2.38. The van der Waals surface area contributed by atoms with Crippen LogP contribution in [0.2, 0.25) is 0 Å². The highest BCUT2D eigenvalue weighted by Gasteiger charge is 2.45. The van der Waals surface area contributed by atoms with E-state index in [9.17, 15) is 13.2 Å². The molecule has 0 aromatic carbocycles. The Labute approximate surface area is 127 Å². The fourth-order valence-corrected chi connectivity index (χ4v) is 4.26. The molecule has 2 aliphatic rings.